The number of carbonyl (C=O) groups excluding carboxylic acids is 1. The molecule has 1 aromatic rings. The fourth-order valence-electron chi connectivity index (χ4n) is 2.86. The molecular formula is C14H15ClFNO. The summed E-state index contributed by atoms with van der Waals surface area (Å²) in [6.45, 7) is 0.727. The van der Waals surface area contributed by atoms with Crippen molar-refractivity contribution in [3.05, 3.63) is 34.6 Å². The fraction of sp³-hybridized carbons (Fsp3) is 0.500. The van der Waals surface area contributed by atoms with Crippen LogP contribution < -0.4 is 0 Å². The standard InChI is InChI=1S/C14H15ClFNO/c15-10-3-1-4-11(16)13(10)14(18)17-8-2-5-12(17)9-6-7-9/h1,3-4,9,12H,2,5-8H2. The van der Waals surface area contributed by atoms with Crippen molar-refractivity contribution in [1.29, 1.82) is 0 Å². The Morgan fingerprint density at radius 1 is 1.33 bits per heavy atom. The molecule has 0 spiro atoms. The van der Waals surface area contributed by atoms with E-state index >= 15 is 0 Å². The molecule has 1 saturated heterocycles. The van der Waals surface area contributed by atoms with Crippen molar-refractivity contribution < 1.29 is 9.18 Å². The average Bonchev–Trinajstić information content (AvgIpc) is 3.06. The normalized spacial score (nSPS) is 23.4. The molecule has 2 fully saturated rings. The number of likely N-dealkylation sites (tertiary alicyclic amines) is 1. The number of benzene rings is 1. The van der Waals surface area contributed by atoms with Crippen LogP contribution in [0.1, 0.15) is 36.0 Å². The van der Waals surface area contributed by atoms with Gasteiger partial charge in [-0.25, -0.2) is 4.39 Å². The van der Waals surface area contributed by atoms with E-state index in [9.17, 15) is 9.18 Å². The van der Waals surface area contributed by atoms with Crippen LogP contribution >= 0.6 is 11.6 Å². The SMILES string of the molecule is O=C(c1c(F)cccc1Cl)N1CCCC1C1CC1. The first-order chi connectivity index (χ1) is 8.68. The summed E-state index contributed by atoms with van der Waals surface area (Å²) in [5, 5.41) is 0.210. The number of halogens is 2. The molecule has 3 rings (SSSR count). The smallest absolute Gasteiger partial charge is 0.258 e. The predicted octanol–water partition coefficient (Wildman–Crippen LogP) is 3.49. The van der Waals surface area contributed by atoms with Gasteiger partial charge < -0.3 is 4.90 Å². The van der Waals surface area contributed by atoms with Crippen LogP contribution in [0.5, 0.6) is 0 Å². The minimum atomic E-state index is -0.519. The topological polar surface area (TPSA) is 20.3 Å². The van der Waals surface area contributed by atoms with E-state index in [2.05, 4.69) is 0 Å². The van der Waals surface area contributed by atoms with Gasteiger partial charge in [0.25, 0.3) is 5.91 Å². The molecule has 4 heteroatoms. The molecule has 1 amide bonds. The Balaban J connectivity index is 1.89. The van der Waals surface area contributed by atoms with Crippen LogP contribution in [0.2, 0.25) is 5.02 Å². The van der Waals surface area contributed by atoms with Gasteiger partial charge in [0.15, 0.2) is 0 Å². The van der Waals surface area contributed by atoms with E-state index in [1.165, 1.54) is 25.0 Å². The monoisotopic (exact) mass is 267 g/mol. The molecule has 2 aliphatic rings. The zero-order valence-corrected chi connectivity index (χ0v) is 10.8. The van der Waals surface area contributed by atoms with Crippen molar-refractivity contribution in [2.45, 2.75) is 31.7 Å². The third-order valence-electron chi connectivity index (χ3n) is 3.90. The van der Waals surface area contributed by atoms with Crippen LogP contribution in [-0.4, -0.2) is 23.4 Å². The van der Waals surface area contributed by atoms with Gasteiger partial charge >= 0.3 is 0 Å². The molecule has 1 aliphatic heterocycles. The lowest BCUT2D eigenvalue weighted by Gasteiger charge is -2.25. The third-order valence-corrected chi connectivity index (χ3v) is 4.22. The Bertz CT molecular complexity index is 466. The lowest BCUT2D eigenvalue weighted by atomic mass is 10.1. The predicted molar refractivity (Wildman–Crippen MR) is 68.2 cm³/mol. The van der Waals surface area contributed by atoms with Crippen LogP contribution in [-0.2, 0) is 0 Å². The number of hydrogen-bond donors (Lipinski definition) is 0. The largest absolute Gasteiger partial charge is 0.335 e. The molecule has 96 valence electrons. The molecule has 1 unspecified atom stereocenters. The summed E-state index contributed by atoms with van der Waals surface area (Å²) in [4.78, 5) is 14.3. The minimum Gasteiger partial charge on any atom is -0.335 e. The van der Waals surface area contributed by atoms with Crippen molar-refractivity contribution in [2.75, 3.05) is 6.54 Å². The Morgan fingerprint density at radius 2 is 2.11 bits per heavy atom. The Kier molecular flexibility index (Phi) is 3.02. The first-order valence-corrected chi connectivity index (χ1v) is 6.81. The van der Waals surface area contributed by atoms with Crippen LogP contribution in [0.15, 0.2) is 18.2 Å². The van der Waals surface area contributed by atoms with E-state index in [1.807, 2.05) is 4.90 Å². The summed E-state index contributed by atoms with van der Waals surface area (Å²) in [5.74, 6) is -0.136. The number of carbonyl (C=O) groups is 1. The third kappa shape index (κ3) is 2.01. The maximum absolute atomic E-state index is 13.8. The van der Waals surface area contributed by atoms with Gasteiger partial charge in [0.1, 0.15) is 5.82 Å². The molecule has 1 aromatic carbocycles. The molecule has 1 heterocycles. The average molecular weight is 268 g/mol. The molecule has 1 saturated carbocycles. The van der Waals surface area contributed by atoms with Gasteiger partial charge in [-0.3, -0.25) is 4.79 Å². The highest BCUT2D eigenvalue weighted by atomic mass is 35.5. The summed E-state index contributed by atoms with van der Waals surface area (Å²) in [6, 6.07) is 4.69. The van der Waals surface area contributed by atoms with E-state index in [1.54, 1.807) is 6.07 Å². The van der Waals surface area contributed by atoms with E-state index in [-0.39, 0.29) is 16.5 Å². The zero-order chi connectivity index (χ0) is 12.7. The first-order valence-electron chi connectivity index (χ1n) is 6.43. The van der Waals surface area contributed by atoms with Gasteiger partial charge in [0.05, 0.1) is 10.6 Å². The Hall–Kier alpha value is -1.09. The number of nitrogens with zero attached hydrogens (tertiary/aromatic N) is 1. The molecule has 0 aromatic heterocycles. The second-order valence-corrected chi connectivity index (χ2v) is 5.55. The summed E-state index contributed by atoms with van der Waals surface area (Å²) in [7, 11) is 0. The van der Waals surface area contributed by atoms with Gasteiger partial charge in [-0.05, 0) is 43.7 Å². The molecule has 0 N–H and O–H groups in total. The zero-order valence-electron chi connectivity index (χ0n) is 10.0. The van der Waals surface area contributed by atoms with Crippen molar-refractivity contribution in [1.82, 2.24) is 4.90 Å². The lowest BCUT2D eigenvalue weighted by Crippen LogP contribution is -2.37. The highest BCUT2D eigenvalue weighted by Crippen LogP contribution is 2.41. The van der Waals surface area contributed by atoms with E-state index in [0.717, 1.165) is 19.4 Å². The fourth-order valence-corrected chi connectivity index (χ4v) is 3.11. The molecule has 2 nitrogen and oxygen atoms in total. The summed E-state index contributed by atoms with van der Waals surface area (Å²) >= 11 is 5.96. The van der Waals surface area contributed by atoms with Crippen molar-refractivity contribution in [3.8, 4) is 0 Å². The minimum absolute atomic E-state index is 0.0340. The number of rotatable bonds is 2. The maximum Gasteiger partial charge on any atom is 0.258 e. The first kappa shape index (κ1) is 12.0. The molecule has 18 heavy (non-hydrogen) atoms. The number of amides is 1. The molecule has 0 bridgehead atoms. The molecule has 1 atom stereocenters. The van der Waals surface area contributed by atoms with Crippen molar-refractivity contribution in [3.63, 3.8) is 0 Å². The highest BCUT2D eigenvalue weighted by molar-refractivity contribution is 6.33. The van der Waals surface area contributed by atoms with Crippen LogP contribution in [0.4, 0.5) is 4.39 Å². The van der Waals surface area contributed by atoms with E-state index in [4.69, 9.17) is 11.6 Å². The van der Waals surface area contributed by atoms with Gasteiger partial charge in [0, 0.05) is 12.6 Å². The van der Waals surface area contributed by atoms with Crippen LogP contribution in [0, 0.1) is 11.7 Å². The summed E-state index contributed by atoms with van der Waals surface area (Å²) < 4.78 is 13.8. The maximum atomic E-state index is 13.8. The Morgan fingerprint density at radius 3 is 2.78 bits per heavy atom. The van der Waals surface area contributed by atoms with E-state index < -0.39 is 5.82 Å². The number of hydrogen-bond acceptors (Lipinski definition) is 1. The molecule has 0 radical (unpaired) electrons. The second kappa shape index (κ2) is 4.54. The van der Waals surface area contributed by atoms with Crippen LogP contribution in [0.3, 0.4) is 0 Å². The van der Waals surface area contributed by atoms with Crippen molar-refractivity contribution >= 4 is 17.5 Å². The van der Waals surface area contributed by atoms with Crippen LogP contribution in [0.25, 0.3) is 0 Å². The molecular weight excluding hydrogens is 253 g/mol. The van der Waals surface area contributed by atoms with Gasteiger partial charge in [-0.1, -0.05) is 17.7 Å². The van der Waals surface area contributed by atoms with Gasteiger partial charge in [-0.15, -0.1) is 0 Å². The molecule has 1 aliphatic carbocycles. The highest BCUT2D eigenvalue weighted by Gasteiger charge is 2.41. The summed E-state index contributed by atoms with van der Waals surface area (Å²) in [6.07, 6.45) is 4.44. The summed E-state index contributed by atoms with van der Waals surface area (Å²) in [5.41, 5.74) is 0.0340. The van der Waals surface area contributed by atoms with Gasteiger partial charge in [-0.2, -0.15) is 0 Å². The Labute approximate surface area is 111 Å². The van der Waals surface area contributed by atoms with Crippen molar-refractivity contribution in [2.24, 2.45) is 5.92 Å². The quantitative estimate of drug-likeness (QED) is 0.803. The van der Waals surface area contributed by atoms with Gasteiger partial charge in [0.2, 0.25) is 0 Å². The lowest BCUT2D eigenvalue weighted by molar-refractivity contribution is 0.0716. The second-order valence-electron chi connectivity index (χ2n) is 5.14. The van der Waals surface area contributed by atoms with E-state index in [0.29, 0.717) is 12.0 Å².